The number of benzene rings is 1. The first-order valence-electron chi connectivity index (χ1n) is 6.35. The Balaban J connectivity index is 1.77. The van der Waals surface area contributed by atoms with Gasteiger partial charge in [-0.05, 0) is 38.3 Å². The molecule has 1 aliphatic rings. The molecule has 2 rings (SSSR count). The lowest BCUT2D eigenvalue weighted by molar-refractivity contribution is -0.117. The minimum atomic E-state index is -0.381. The maximum Gasteiger partial charge on any atom is 0.321 e. The van der Waals surface area contributed by atoms with Crippen molar-refractivity contribution < 1.29 is 9.59 Å². The largest absolute Gasteiger partial charge is 0.335 e. The van der Waals surface area contributed by atoms with Crippen molar-refractivity contribution in [1.82, 2.24) is 10.6 Å². The average molecular weight is 278 g/mol. The van der Waals surface area contributed by atoms with E-state index in [1.165, 1.54) is 17.3 Å². The number of amides is 3. The van der Waals surface area contributed by atoms with Gasteiger partial charge in [0, 0.05) is 10.9 Å². The summed E-state index contributed by atoms with van der Waals surface area (Å²) >= 11 is 1.45. The summed E-state index contributed by atoms with van der Waals surface area (Å²) in [4.78, 5) is 24.1. The predicted octanol–water partition coefficient (Wildman–Crippen LogP) is 2.38. The Morgan fingerprint density at radius 1 is 1.32 bits per heavy atom. The van der Waals surface area contributed by atoms with E-state index in [2.05, 4.69) is 16.7 Å². The van der Waals surface area contributed by atoms with Crippen molar-refractivity contribution in [2.75, 3.05) is 5.75 Å². The van der Waals surface area contributed by atoms with Gasteiger partial charge in [0.1, 0.15) is 0 Å². The minimum Gasteiger partial charge on any atom is -0.335 e. The third-order valence-electron chi connectivity index (χ3n) is 2.85. The van der Waals surface area contributed by atoms with Crippen LogP contribution in [0, 0.1) is 13.8 Å². The third-order valence-corrected chi connectivity index (χ3v) is 4.03. The molecule has 0 saturated heterocycles. The molecule has 0 atom stereocenters. The summed E-state index contributed by atoms with van der Waals surface area (Å²) in [5.74, 6) is -0.00902. The van der Waals surface area contributed by atoms with Gasteiger partial charge in [0.2, 0.25) is 5.91 Å². The first-order valence-corrected chi connectivity index (χ1v) is 7.33. The number of hydrogen-bond acceptors (Lipinski definition) is 3. The zero-order valence-corrected chi connectivity index (χ0v) is 12.0. The molecule has 102 valence electrons. The van der Waals surface area contributed by atoms with E-state index in [9.17, 15) is 9.59 Å². The lowest BCUT2D eigenvalue weighted by Crippen LogP contribution is -2.41. The van der Waals surface area contributed by atoms with Crippen LogP contribution in [-0.4, -0.2) is 23.7 Å². The van der Waals surface area contributed by atoms with Crippen molar-refractivity contribution in [3.05, 3.63) is 29.3 Å². The summed E-state index contributed by atoms with van der Waals surface area (Å²) in [7, 11) is 0. The van der Waals surface area contributed by atoms with Crippen LogP contribution in [-0.2, 0) is 4.79 Å². The van der Waals surface area contributed by atoms with E-state index in [-0.39, 0.29) is 23.7 Å². The Hall–Kier alpha value is -1.49. The SMILES string of the molecule is Cc1ccc(SCC(=O)NC(=O)NC2CC2)c(C)c1. The highest BCUT2D eigenvalue weighted by atomic mass is 32.2. The van der Waals surface area contributed by atoms with Gasteiger partial charge in [-0.2, -0.15) is 0 Å². The number of thioether (sulfide) groups is 1. The lowest BCUT2D eigenvalue weighted by atomic mass is 10.2. The molecule has 1 aromatic rings. The number of carbonyl (C=O) groups excluding carboxylic acids is 2. The number of imide groups is 1. The van der Waals surface area contributed by atoms with Gasteiger partial charge in [0.05, 0.1) is 5.75 Å². The number of hydrogen-bond donors (Lipinski definition) is 2. The van der Waals surface area contributed by atoms with Crippen molar-refractivity contribution in [3.63, 3.8) is 0 Å². The van der Waals surface area contributed by atoms with Crippen molar-refractivity contribution in [3.8, 4) is 0 Å². The fourth-order valence-corrected chi connectivity index (χ4v) is 2.53. The standard InChI is InChI=1S/C14H18N2O2S/c1-9-3-6-12(10(2)7-9)19-8-13(17)16-14(18)15-11-4-5-11/h3,6-7,11H,4-5,8H2,1-2H3,(H2,15,16,17,18). The summed E-state index contributed by atoms with van der Waals surface area (Å²) in [5.41, 5.74) is 2.36. The summed E-state index contributed by atoms with van der Waals surface area (Å²) < 4.78 is 0. The molecule has 4 nitrogen and oxygen atoms in total. The molecule has 5 heteroatoms. The van der Waals surface area contributed by atoms with E-state index in [0.29, 0.717) is 0 Å². The van der Waals surface area contributed by atoms with Gasteiger partial charge in [-0.15, -0.1) is 11.8 Å². The van der Waals surface area contributed by atoms with Gasteiger partial charge in [-0.1, -0.05) is 17.7 Å². The van der Waals surface area contributed by atoms with Crippen LogP contribution in [0.2, 0.25) is 0 Å². The number of urea groups is 1. The molecule has 0 aliphatic heterocycles. The maximum absolute atomic E-state index is 11.6. The minimum absolute atomic E-state index is 0.252. The molecule has 1 saturated carbocycles. The second-order valence-corrected chi connectivity index (χ2v) is 5.87. The van der Waals surface area contributed by atoms with E-state index >= 15 is 0 Å². The van der Waals surface area contributed by atoms with Crippen LogP contribution in [0.25, 0.3) is 0 Å². The Kier molecular flexibility index (Phi) is 4.47. The van der Waals surface area contributed by atoms with E-state index in [4.69, 9.17) is 0 Å². The van der Waals surface area contributed by atoms with E-state index in [0.717, 1.165) is 23.3 Å². The van der Waals surface area contributed by atoms with E-state index < -0.39 is 0 Å². The first kappa shape index (κ1) is 13.9. The van der Waals surface area contributed by atoms with E-state index in [1.54, 1.807) is 0 Å². The molecular formula is C14H18N2O2S. The second-order valence-electron chi connectivity index (χ2n) is 4.85. The molecule has 2 N–H and O–H groups in total. The molecule has 0 spiro atoms. The first-order chi connectivity index (χ1) is 9.04. The fraction of sp³-hybridized carbons (Fsp3) is 0.429. The Morgan fingerprint density at radius 2 is 2.05 bits per heavy atom. The zero-order chi connectivity index (χ0) is 13.8. The van der Waals surface area contributed by atoms with Crippen molar-refractivity contribution in [2.24, 2.45) is 0 Å². The number of aryl methyl sites for hydroxylation is 2. The molecule has 0 radical (unpaired) electrons. The molecule has 3 amide bonds. The molecule has 0 unspecified atom stereocenters. The summed E-state index contributed by atoms with van der Waals surface area (Å²) in [6.45, 7) is 4.06. The van der Waals surface area contributed by atoms with Crippen LogP contribution >= 0.6 is 11.8 Å². The maximum atomic E-state index is 11.6. The highest BCUT2D eigenvalue weighted by molar-refractivity contribution is 8.00. The van der Waals surface area contributed by atoms with E-state index in [1.807, 2.05) is 26.0 Å². The second kappa shape index (κ2) is 6.10. The van der Waals surface area contributed by atoms with Crippen LogP contribution in [0.5, 0.6) is 0 Å². The summed E-state index contributed by atoms with van der Waals surface area (Å²) in [5, 5.41) is 5.06. The molecule has 1 aliphatic carbocycles. The van der Waals surface area contributed by atoms with Crippen LogP contribution in [0.15, 0.2) is 23.1 Å². The van der Waals surface area contributed by atoms with Crippen LogP contribution < -0.4 is 10.6 Å². The fourth-order valence-electron chi connectivity index (χ4n) is 1.72. The molecule has 0 bridgehead atoms. The molecule has 0 aromatic heterocycles. The lowest BCUT2D eigenvalue weighted by Gasteiger charge is -2.07. The monoisotopic (exact) mass is 278 g/mol. The van der Waals surface area contributed by atoms with Crippen molar-refractivity contribution in [2.45, 2.75) is 37.6 Å². The highest BCUT2D eigenvalue weighted by Crippen LogP contribution is 2.23. The predicted molar refractivity (Wildman–Crippen MR) is 76.3 cm³/mol. The number of nitrogens with one attached hydrogen (secondary N) is 2. The van der Waals surface area contributed by atoms with Crippen LogP contribution in [0.1, 0.15) is 24.0 Å². The smallest absolute Gasteiger partial charge is 0.321 e. The third kappa shape index (κ3) is 4.59. The molecular weight excluding hydrogens is 260 g/mol. The summed E-state index contributed by atoms with van der Waals surface area (Å²) in [6, 6.07) is 5.99. The number of rotatable bonds is 4. The Morgan fingerprint density at radius 3 is 2.68 bits per heavy atom. The zero-order valence-electron chi connectivity index (χ0n) is 11.2. The summed E-state index contributed by atoms with van der Waals surface area (Å²) in [6.07, 6.45) is 2.03. The highest BCUT2D eigenvalue weighted by Gasteiger charge is 2.23. The molecule has 1 fully saturated rings. The van der Waals surface area contributed by atoms with Gasteiger partial charge in [0.25, 0.3) is 0 Å². The van der Waals surface area contributed by atoms with Gasteiger partial charge >= 0.3 is 6.03 Å². The van der Waals surface area contributed by atoms with Crippen LogP contribution in [0.4, 0.5) is 4.79 Å². The normalized spacial score (nSPS) is 14.0. The van der Waals surface area contributed by atoms with Gasteiger partial charge < -0.3 is 5.32 Å². The molecule has 19 heavy (non-hydrogen) atoms. The topological polar surface area (TPSA) is 58.2 Å². The van der Waals surface area contributed by atoms with Gasteiger partial charge in [0.15, 0.2) is 0 Å². The van der Waals surface area contributed by atoms with Gasteiger partial charge in [-0.25, -0.2) is 4.79 Å². The molecule has 0 heterocycles. The average Bonchev–Trinajstić information content (AvgIpc) is 3.11. The van der Waals surface area contributed by atoms with Gasteiger partial charge in [-0.3, -0.25) is 10.1 Å². The number of carbonyl (C=O) groups is 2. The van der Waals surface area contributed by atoms with Crippen LogP contribution in [0.3, 0.4) is 0 Å². The Bertz CT molecular complexity index is 498. The van der Waals surface area contributed by atoms with Crippen molar-refractivity contribution >= 4 is 23.7 Å². The molecule has 1 aromatic carbocycles. The quantitative estimate of drug-likeness (QED) is 0.831. The Labute approximate surface area is 117 Å². The van der Waals surface area contributed by atoms with Crippen molar-refractivity contribution in [1.29, 1.82) is 0 Å².